The van der Waals surface area contributed by atoms with E-state index in [4.69, 9.17) is 20.9 Å². The minimum Gasteiger partial charge on any atom is -0.450 e. The zero-order valence-corrected chi connectivity index (χ0v) is 13.5. The van der Waals surface area contributed by atoms with Gasteiger partial charge < -0.3 is 20.9 Å². The SMILES string of the molecule is CCOC(=O)N1CSCC1C(=O)OC(=O)[C@@H](N)CCCCN. The Labute approximate surface area is 133 Å². The van der Waals surface area contributed by atoms with Crippen molar-refractivity contribution < 1.29 is 23.9 Å². The second-order valence-electron chi connectivity index (χ2n) is 4.82. The van der Waals surface area contributed by atoms with Gasteiger partial charge in [0.1, 0.15) is 12.1 Å². The van der Waals surface area contributed by atoms with E-state index in [1.807, 2.05) is 0 Å². The second kappa shape index (κ2) is 9.65. The Balaban J connectivity index is 2.49. The Kier molecular flexibility index (Phi) is 8.21. The molecule has 1 amide bonds. The molecule has 1 aliphatic heterocycles. The van der Waals surface area contributed by atoms with Crippen LogP contribution < -0.4 is 11.5 Å². The summed E-state index contributed by atoms with van der Waals surface area (Å²) in [6.45, 7) is 2.42. The molecular weight excluding hydrogens is 310 g/mol. The van der Waals surface area contributed by atoms with E-state index in [-0.39, 0.29) is 6.61 Å². The first kappa shape index (κ1) is 18.7. The van der Waals surface area contributed by atoms with Gasteiger partial charge in [0.05, 0.1) is 12.5 Å². The normalized spacial score (nSPS) is 18.9. The summed E-state index contributed by atoms with van der Waals surface area (Å²) in [7, 11) is 0. The average Bonchev–Trinajstić information content (AvgIpc) is 2.97. The highest BCUT2D eigenvalue weighted by Crippen LogP contribution is 2.22. The highest BCUT2D eigenvalue weighted by Gasteiger charge is 2.38. The Morgan fingerprint density at radius 2 is 2.09 bits per heavy atom. The number of nitrogens with two attached hydrogens (primary N) is 2. The molecule has 1 unspecified atom stereocenters. The van der Waals surface area contributed by atoms with E-state index in [2.05, 4.69) is 0 Å². The molecule has 0 aliphatic carbocycles. The van der Waals surface area contributed by atoms with Crippen LogP contribution in [0.1, 0.15) is 26.2 Å². The predicted octanol–water partition coefficient (Wildman–Crippen LogP) is 0.0439. The van der Waals surface area contributed by atoms with Crippen molar-refractivity contribution in [3.8, 4) is 0 Å². The topological polar surface area (TPSA) is 125 Å². The van der Waals surface area contributed by atoms with Gasteiger partial charge in [-0.25, -0.2) is 14.4 Å². The van der Waals surface area contributed by atoms with Gasteiger partial charge in [-0.1, -0.05) is 6.42 Å². The smallest absolute Gasteiger partial charge is 0.411 e. The fourth-order valence-electron chi connectivity index (χ4n) is 1.89. The van der Waals surface area contributed by atoms with E-state index >= 15 is 0 Å². The fourth-order valence-corrected chi connectivity index (χ4v) is 3.02. The zero-order chi connectivity index (χ0) is 16.5. The van der Waals surface area contributed by atoms with E-state index in [1.165, 1.54) is 16.7 Å². The molecule has 4 N–H and O–H groups in total. The number of carbonyl (C=O) groups is 3. The minimum atomic E-state index is -0.861. The molecular formula is C13H23N3O5S. The minimum absolute atomic E-state index is 0.215. The first-order valence-corrected chi connectivity index (χ1v) is 8.39. The van der Waals surface area contributed by atoms with Gasteiger partial charge in [0, 0.05) is 5.75 Å². The van der Waals surface area contributed by atoms with Crippen LogP contribution in [0, 0.1) is 0 Å². The van der Waals surface area contributed by atoms with Gasteiger partial charge in [-0.15, -0.1) is 11.8 Å². The third-order valence-electron chi connectivity index (χ3n) is 3.13. The van der Waals surface area contributed by atoms with Gasteiger partial charge >= 0.3 is 18.0 Å². The molecule has 1 aliphatic rings. The van der Waals surface area contributed by atoms with Crippen LogP contribution in [-0.2, 0) is 19.1 Å². The third-order valence-corrected chi connectivity index (χ3v) is 4.14. The summed E-state index contributed by atoms with van der Waals surface area (Å²) in [5.74, 6) is -0.845. The summed E-state index contributed by atoms with van der Waals surface area (Å²) in [5, 5.41) is 0. The molecule has 1 fully saturated rings. The third kappa shape index (κ3) is 5.47. The lowest BCUT2D eigenvalue weighted by Crippen LogP contribution is -2.45. The van der Waals surface area contributed by atoms with Crippen LogP contribution in [0.3, 0.4) is 0 Å². The summed E-state index contributed by atoms with van der Waals surface area (Å²) in [6, 6.07) is -1.68. The van der Waals surface area contributed by atoms with Crippen molar-refractivity contribution in [3.63, 3.8) is 0 Å². The molecule has 1 rings (SSSR count). The number of nitrogens with zero attached hydrogens (tertiary/aromatic N) is 1. The number of amides is 1. The molecule has 8 nitrogen and oxygen atoms in total. The van der Waals surface area contributed by atoms with Crippen LogP contribution in [0.5, 0.6) is 0 Å². The largest absolute Gasteiger partial charge is 0.450 e. The van der Waals surface area contributed by atoms with E-state index in [0.29, 0.717) is 31.0 Å². The first-order chi connectivity index (χ1) is 10.5. The molecule has 0 aromatic heterocycles. The quantitative estimate of drug-likeness (QED) is 0.380. The number of hydrogen-bond acceptors (Lipinski definition) is 8. The average molecular weight is 333 g/mol. The first-order valence-electron chi connectivity index (χ1n) is 7.23. The summed E-state index contributed by atoms with van der Waals surface area (Å²) < 4.78 is 9.66. The molecule has 0 aromatic rings. The highest BCUT2D eigenvalue weighted by molar-refractivity contribution is 7.99. The maximum absolute atomic E-state index is 12.0. The maximum atomic E-state index is 12.0. The van der Waals surface area contributed by atoms with Crippen LogP contribution in [0.25, 0.3) is 0 Å². The van der Waals surface area contributed by atoms with Crippen molar-refractivity contribution in [1.82, 2.24) is 4.90 Å². The van der Waals surface area contributed by atoms with Gasteiger partial charge in [0.15, 0.2) is 0 Å². The number of thioether (sulfide) groups is 1. The number of rotatable bonds is 7. The molecule has 1 saturated heterocycles. The molecule has 2 atom stereocenters. The van der Waals surface area contributed by atoms with Crippen LogP contribution in [-0.4, -0.2) is 59.8 Å². The van der Waals surface area contributed by atoms with Crippen molar-refractivity contribution >= 4 is 29.8 Å². The zero-order valence-electron chi connectivity index (χ0n) is 12.7. The van der Waals surface area contributed by atoms with E-state index in [1.54, 1.807) is 6.92 Å². The van der Waals surface area contributed by atoms with Gasteiger partial charge in [-0.05, 0) is 26.3 Å². The molecule has 126 valence electrons. The highest BCUT2D eigenvalue weighted by atomic mass is 32.2. The van der Waals surface area contributed by atoms with Crippen molar-refractivity contribution in [1.29, 1.82) is 0 Å². The van der Waals surface area contributed by atoms with Crippen LogP contribution >= 0.6 is 11.8 Å². The van der Waals surface area contributed by atoms with Gasteiger partial charge in [0.2, 0.25) is 0 Å². The van der Waals surface area contributed by atoms with Crippen LogP contribution in [0.4, 0.5) is 4.79 Å². The predicted molar refractivity (Wildman–Crippen MR) is 82.0 cm³/mol. The van der Waals surface area contributed by atoms with Crippen LogP contribution in [0.2, 0.25) is 0 Å². The standard InChI is InChI=1S/C13H23N3O5S/c1-2-20-13(19)16-8-22-7-10(16)12(18)21-11(17)9(15)5-3-4-6-14/h9-10H,2-8,14-15H2,1H3/t9-,10?/m0/s1. The molecule has 0 radical (unpaired) electrons. The Morgan fingerprint density at radius 1 is 1.36 bits per heavy atom. The molecule has 1 heterocycles. The van der Waals surface area contributed by atoms with Crippen molar-refractivity contribution in [2.45, 2.75) is 38.3 Å². The Bertz CT molecular complexity index is 407. The maximum Gasteiger partial charge on any atom is 0.411 e. The number of carbonyl (C=O) groups excluding carboxylic acids is 3. The van der Waals surface area contributed by atoms with Gasteiger partial charge in [-0.2, -0.15) is 0 Å². The molecule has 0 aromatic carbocycles. The Hall–Kier alpha value is -1.32. The lowest BCUT2D eigenvalue weighted by atomic mass is 10.1. The summed E-state index contributed by atoms with van der Waals surface area (Å²) >= 11 is 1.39. The van der Waals surface area contributed by atoms with Gasteiger partial charge in [-0.3, -0.25) is 4.90 Å². The number of hydrogen-bond donors (Lipinski definition) is 2. The fraction of sp³-hybridized carbons (Fsp3) is 0.769. The van der Waals surface area contributed by atoms with Crippen LogP contribution in [0.15, 0.2) is 0 Å². The summed E-state index contributed by atoms with van der Waals surface area (Å²) in [5.41, 5.74) is 11.0. The number of unbranched alkanes of at least 4 members (excludes halogenated alkanes) is 1. The van der Waals surface area contributed by atoms with Crippen molar-refractivity contribution in [2.24, 2.45) is 11.5 Å². The van der Waals surface area contributed by atoms with Gasteiger partial charge in [0.25, 0.3) is 0 Å². The summed E-state index contributed by atoms with van der Waals surface area (Å²) in [4.78, 5) is 36.8. The molecule has 0 saturated carbocycles. The lowest BCUT2D eigenvalue weighted by molar-refractivity contribution is -0.163. The molecule has 9 heteroatoms. The Morgan fingerprint density at radius 3 is 2.73 bits per heavy atom. The monoisotopic (exact) mass is 333 g/mol. The van der Waals surface area contributed by atoms with Crippen molar-refractivity contribution in [2.75, 3.05) is 24.8 Å². The van der Waals surface area contributed by atoms with E-state index in [0.717, 1.165) is 6.42 Å². The molecule has 22 heavy (non-hydrogen) atoms. The van der Waals surface area contributed by atoms with E-state index < -0.39 is 30.1 Å². The lowest BCUT2D eigenvalue weighted by Gasteiger charge is -2.21. The number of ether oxygens (including phenoxy) is 2. The molecule has 0 bridgehead atoms. The van der Waals surface area contributed by atoms with E-state index in [9.17, 15) is 14.4 Å². The summed E-state index contributed by atoms with van der Waals surface area (Å²) in [6.07, 6.45) is 1.26. The molecule has 0 spiro atoms. The second-order valence-corrected chi connectivity index (χ2v) is 5.82. The number of esters is 2. The van der Waals surface area contributed by atoms with Crippen molar-refractivity contribution in [3.05, 3.63) is 0 Å².